The first-order chi connectivity index (χ1) is 9.47. The number of rotatable bonds is 7. The molecule has 112 valence electrons. The van der Waals surface area contributed by atoms with Crippen LogP contribution >= 0.6 is 0 Å². The molecule has 1 unspecified atom stereocenters. The fourth-order valence-electron chi connectivity index (χ4n) is 2.17. The van der Waals surface area contributed by atoms with Gasteiger partial charge in [0.15, 0.2) is 6.61 Å². The van der Waals surface area contributed by atoms with Crippen molar-refractivity contribution in [3.63, 3.8) is 0 Å². The smallest absolute Gasteiger partial charge is 0.344 e. The average molecular weight is 279 g/mol. The lowest BCUT2D eigenvalue weighted by Gasteiger charge is -2.15. The fourth-order valence-corrected chi connectivity index (χ4v) is 2.17. The van der Waals surface area contributed by atoms with Crippen LogP contribution in [-0.2, 0) is 16.0 Å². The van der Waals surface area contributed by atoms with Gasteiger partial charge >= 0.3 is 5.97 Å². The Balaban J connectivity index is 2.76. The highest BCUT2D eigenvalue weighted by Crippen LogP contribution is 2.25. The van der Waals surface area contributed by atoms with Crippen molar-refractivity contribution in [3.8, 4) is 5.75 Å². The van der Waals surface area contributed by atoms with E-state index in [4.69, 9.17) is 15.2 Å². The Morgan fingerprint density at radius 3 is 2.35 bits per heavy atom. The Labute approximate surface area is 121 Å². The Bertz CT molecular complexity index is 434. The second-order valence-electron chi connectivity index (χ2n) is 5.02. The SMILES string of the molecule is CCOC(=O)COc1c(C)cc(CC(N)CC)cc1C. The topological polar surface area (TPSA) is 61.5 Å². The number of nitrogens with two attached hydrogens (primary N) is 1. The van der Waals surface area contributed by atoms with Gasteiger partial charge in [0.2, 0.25) is 0 Å². The molecule has 0 aliphatic rings. The van der Waals surface area contributed by atoms with E-state index in [-0.39, 0.29) is 18.6 Å². The van der Waals surface area contributed by atoms with Crippen molar-refractivity contribution >= 4 is 5.97 Å². The van der Waals surface area contributed by atoms with Crippen molar-refractivity contribution in [2.75, 3.05) is 13.2 Å². The third-order valence-corrected chi connectivity index (χ3v) is 3.18. The van der Waals surface area contributed by atoms with Crippen LogP contribution in [0.4, 0.5) is 0 Å². The zero-order valence-corrected chi connectivity index (χ0v) is 12.9. The Hall–Kier alpha value is -1.55. The minimum absolute atomic E-state index is 0.0522. The van der Waals surface area contributed by atoms with Crippen LogP contribution in [0.3, 0.4) is 0 Å². The van der Waals surface area contributed by atoms with Crippen molar-refractivity contribution in [2.24, 2.45) is 5.73 Å². The molecule has 0 aliphatic heterocycles. The largest absolute Gasteiger partial charge is 0.481 e. The summed E-state index contributed by atoms with van der Waals surface area (Å²) >= 11 is 0. The van der Waals surface area contributed by atoms with Gasteiger partial charge in [0.1, 0.15) is 5.75 Å². The third kappa shape index (κ3) is 4.85. The van der Waals surface area contributed by atoms with Gasteiger partial charge < -0.3 is 15.2 Å². The molecule has 20 heavy (non-hydrogen) atoms. The second-order valence-corrected chi connectivity index (χ2v) is 5.02. The van der Waals surface area contributed by atoms with E-state index in [2.05, 4.69) is 19.1 Å². The van der Waals surface area contributed by atoms with E-state index in [0.717, 1.165) is 29.7 Å². The molecular weight excluding hydrogens is 254 g/mol. The summed E-state index contributed by atoms with van der Waals surface area (Å²) in [5.74, 6) is 0.412. The number of hydrogen-bond acceptors (Lipinski definition) is 4. The molecule has 0 bridgehead atoms. The minimum atomic E-state index is -0.344. The standard InChI is InChI=1S/C16H25NO3/c1-5-14(17)9-13-7-11(3)16(12(4)8-13)20-10-15(18)19-6-2/h7-8,14H,5-6,9-10,17H2,1-4H3. The van der Waals surface area contributed by atoms with Crippen molar-refractivity contribution in [1.82, 2.24) is 0 Å². The summed E-state index contributed by atoms with van der Waals surface area (Å²) in [6.45, 7) is 8.14. The molecule has 1 aromatic rings. The zero-order chi connectivity index (χ0) is 15.1. The minimum Gasteiger partial charge on any atom is -0.481 e. The maximum atomic E-state index is 11.3. The average Bonchev–Trinajstić information content (AvgIpc) is 2.37. The highest BCUT2D eigenvalue weighted by molar-refractivity contribution is 5.71. The van der Waals surface area contributed by atoms with Gasteiger partial charge in [-0.1, -0.05) is 19.1 Å². The highest BCUT2D eigenvalue weighted by Gasteiger charge is 2.11. The van der Waals surface area contributed by atoms with Gasteiger partial charge in [-0.05, 0) is 50.3 Å². The summed E-state index contributed by atoms with van der Waals surface area (Å²) in [5.41, 5.74) is 9.23. The first-order valence-corrected chi connectivity index (χ1v) is 7.12. The van der Waals surface area contributed by atoms with Crippen LogP contribution in [0, 0.1) is 13.8 Å². The van der Waals surface area contributed by atoms with Crippen molar-refractivity contribution in [2.45, 2.75) is 46.6 Å². The molecule has 0 aliphatic carbocycles. The van der Waals surface area contributed by atoms with Gasteiger partial charge in [0.25, 0.3) is 0 Å². The summed E-state index contributed by atoms with van der Waals surface area (Å²) in [7, 11) is 0. The Morgan fingerprint density at radius 1 is 1.25 bits per heavy atom. The van der Waals surface area contributed by atoms with Crippen LogP contribution in [0.1, 0.15) is 37.0 Å². The van der Waals surface area contributed by atoms with Crippen LogP contribution in [-0.4, -0.2) is 25.2 Å². The maximum absolute atomic E-state index is 11.3. The number of carbonyl (C=O) groups excluding carboxylic acids is 1. The van der Waals surface area contributed by atoms with Gasteiger partial charge in [-0.15, -0.1) is 0 Å². The van der Waals surface area contributed by atoms with E-state index >= 15 is 0 Å². The van der Waals surface area contributed by atoms with E-state index in [1.807, 2.05) is 13.8 Å². The molecule has 0 heterocycles. The van der Waals surface area contributed by atoms with E-state index in [0.29, 0.717) is 6.61 Å². The van der Waals surface area contributed by atoms with Gasteiger partial charge in [-0.25, -0.2) is 4.79 Å². The summed E-state index contributed by atoms with van der Waals surface area (Å²) in [5, 5.41) is 0. The summed E-state index contributed by atoms with van der Waals surface area (Å²) < 4.78 is 10.4. The molecule has 0 fully saturated rings. The lowest BCUT2D eigenvalue weighted by atomic mass is 9.99. The number of esters is 1. The molecule has 0 saturated heterocycles. The molecule has 0 spiro atoms. The predicted octanol–water partition coefficient (Wildman–Crippen LogP) is 2.53. The maximum Gasteiger partial charge on any atom is 0.344 e. The van der Waals surface area contributed by atoms with Crippen LogP contribution in [0.25, 0.3) is 0 Å². The molecule has 0 amide bonds. The number of carbonyl (C=O) groups is 1. The van der Waals surface area contributed by atoms with Crippen LogP contribution < -0.4 is 10.5 Å². The lowest BCUT2D eigenvalue weighted by Crippen LogP contribution is -2.21. The predicted molar refractivity (Wildman–Crippen MR) is 80.0 cm³/mol. The number of hydrogen-bond donors (Lipinski definition) is 1. The number of ether oxygens (including phenoxy) is 2. The summed E-state index contributed by atoms with van der Waals surface area (Å²) in [6.07, 6.45) is 1.82. The first kappa shape index (κ1) is 16.5. The molecule has 1 atom stereocenters. The molecule has 0 saturated carbocycles. The van der Waals surface area contributed by atoms with Crippen molar-refractivity contribution in [3.05, 3.63) is 28.8 Å². The van der Waals surface area contributed by atoms with Crippen LogP contribution in [0.2, 0.25) is 0 Å². The third-order valence-electron chi connectivity index (χ3n) is 3.18. The summed E-state index contributed by atoms with van der Waals surface area (Å²) in [6, 6.07) is 4.33. The van der Waals surface area contributed by atoms with E-state index in [9.17, 15) is 4.79 Å². The number of aryl methyl sites for hydroxylation is 2. The molecular formula is C16H25NO3. The molecule has 1 rings (SSSR count). The summed E-state index contributed by atoms with van der Waals surface area (Å²) in [4.78, 5) is 11.3. The van der Waals surface area contributed by atoms with Crippen molar-refractivity contribution < 1.29 is 14.3 Å². The Kier molecular flexibility index (Phi) is 6.52. The van der Waals surface area contributed by atoms with E-state index < -0.39 is 0 Å². The normalized spacial score (nSPS) is 12.1. The van der Waals surface area contributed by atoms with Gasteiger partial charge in [-0.3, -0.25) is 0 Å². The van der Waals surface area contributed by atoms with Gasteiger partial charge in [-0.2, -0.15) is 0 Å². The number of benzene rings is 1. The first-order valence-electron chi connectivity index (χ1n) is 7.12. The highest BCUT2D eigenvalue weighted by atomic mass is 16.6. The van der Waals surface area contributed by atoms with Gasteiger partial charge in [0.05, 0.1) is 6.61 Å². The molecule has 0 radical (unpaired) electrons. The fraction of sp³-hybridized carbons (Fsp3) is 0.562. The van der Waals surface area contributed by atoms with E-state index in [1.165, 1.54) is 5.56 Å². The molecule has 4 heteroatoms. The second kappa shape index (κ2) is 7.90. The lowest BCUT2D eigenvalue weighted by molar-refractivity contribution is -0.145. The quantitative estimate of drug-likeness (QED) is 0.779. The molecule has 1 aromatic carbocycles. The van der Waals surface area contributed by atoms with Crippen LogP contribution in [0.15, 0.2) is 12.1 Å². The molecule has 4 nitrogen and oxygen atoms in total. The van der Waals surface area contributed by atoms with Crippen LogP contribution in [0.5, 0.6) is 5.75 Å². The zero-order valence-electron chi connectivity index (χ0n) is 12.9. The van der Waals surface area contributed by atoms with E-state index in [1.54, 1.807) is 6.92 Å². The monoisotopic (exact) mass is 279 g/mol. The molecule has 0 aromatic heterocycles. The molecule has 2 N–H and O–H groups in total. The van der Waals surface area contributed by atoms with Crippen molar-refractivity contribution in [1.29, 1.82) is 0 Å². The Morgan fingerprint density at radius 2 is 1.85 bits per heavy atom. The van der Waals surface area contributed by atoms with Gasteiger partial charge in [0, 0.05) is 6.04 Å².